The first kappa shape index (κ1) is 16.1. The molecular weight excluding hydrogens is 300 g/mol. The van der Waals surface area contributed by atoms with Crippen molar-refractivity contribution in [1.82, 2.24) is 0 Å². The van der Waals surface area contributed by atoms with E-state index < -0.39 is 0 Å². The van der Waals surface area contributed by atoms with Crippen LogP contribution >= 0.6 is 0 Å². The van der Waals surface area contributed by atoms with E-state index >= 15 is 0 Å². The number of rotatable bonds is 0. The lowest BCUT2D eigenvalue weighted by atomic mass is 9.76. The van der Waals surface area contributed by atoms with E-state index in [1.807, 2.05) is 0 Å². The SMILES string of the molecule is CC(C)C.c1ccc2c(c1)CC1(C2)c2ccccc2-c2ccccc21. The summed E-state index contributed by atoms with van der Waals surface area (Å²) < 4.78 is 0. The second kappa shape index (κ2) is 6.19. The van der Waals surface area contributed by atoms with Crippen molar-refractivity contribution in [2.45, 2.75) is 39.0 Å². The highest BCUT2D eigenvalue weighted by Crippen LogP contribution is 2.54. The van der Waals surface area contributed by atoms with Gasteiger partial charge in [0.2, 0.25) is 0 Å². The summed E-state index contributed by atoms with van der Waals surface area (Å²) in [5.74, 6) is 0.833. The molecule has 126 valence electrons. The quantitative estimate of drug-likeness (QED) is 0.447. The van der Waals surface area contributed by atoms with Crippen molar-refractivity contribution in [2.24, 2.45) is 5.92 Å². The number of benzene rings is 3. The summed E-state index contributed by atoms with van der Waals surface area (Å²) in [4.78, 5) is 0. The molecule has 2 aliphatic rings. The van der Waals surface area contributed by atoms with Crippen molar-refractivity contribution >= 4 is 0 Å². The first-order chi connectivity index (χ1) is 12.1. The van der Waals surface area contributed by atoms with Crippen LogP contribution in [-0.4, -0.2) is 0 Å². The van der Waals surface area contributed by atoms with Crippen LogP contribution in [0.25, 0.3) is 11.1 Å². The fraction of sp³-hybridized carbons (Fsp3) is 0.280. The summed E-state index contributed by atoms with van der Waals surface area (Å²) in [5, 5.41) is 0. The van der Waals surface area contributed by atoms with Gasteiger partial charge in [0.25, 0.3) is 0 Å². The van der Waals surface area contributed by atoms with E-state index in [0.29, 0.717) is 0 Å². The third-order valence-corrected chi connectivity index (χ3v) is 5.28. The smallest absolute Gasteiger partial charge is 0.0295 e. The Hall–Kier alpha value is -2.34. The summed E-state index contributed by atoms with van der Waals surface area (Å²) in [6.45, 7) is 6.50. The Morgan fingerprint density at radius 1 is 0.600 bits per heavy atom. The van der Waals surface area contributed by atoms with Gasteiger partial charge < -0.3 is 0 Å². The van der Waals surface area contributed by atoms with E-state index in [1.165, 1.54) is 33.4 Å². The summed E-state index contributed by atoms with van der Waals surface area (Å²) in [6.07, 6.45) is 2.27. The highest BCUT2D eigenvalue weighted by atomic mass is 14.5. The fourth-order valence-corrected chi connectivity index (χ4v) is 4.41. The van der Waals surface area contributed by atoms with Crippen LogP contribution in [0, 0.1) is 5.92 Å². The lowest BCUT2D eigenvalue weighted by molar-refractivity contribution is 0.563. The average Bonchev–Trinajstić information content (AvgIpc) is 3.13. The molecule has 0 heterocycles. The van der Waals surface area contributed by atoms with Crippen LogP contribution < -0.4 is 0 Å². The molecule has 0 saturated carbocycles. The number of fused-ring (bicyclic) bond motifs is 6. The Morgan fingerprint density at radius 3 is 1.40 bits per heavy atom. The molecule has 0 saturated heterocycles. The van der Waals surface area contributed by atoms with Crippen molar-refractivity contribution < 1.29 is 0 Å². The number of hydrogen-bond acceptors (Lipinski definition) is 0. The molecule has 3 aromatic carbocycles. The van der Waals surface area contributed by atoms with Gasteiger partial charge >= 0.3 is 0 Å². The standard InChI is InChI=1S/C21H16.C4H10/c1-2-8-16-14-21(13-15(16)7-1)19-11-5-3-9-17(19)18-10-4-6-12-20(18)21;1-4(2)3/h1-12H,13-14H2;4H,1-3H3. The lowest BCUT2D eigenvalue weighted by Crippen LogP contribution is -2.25. The van der Waals surface area contributed by atoms with Crippen molar-refractivity contribution in [3.63, 3.8) is 0 Å². The Kier molecular flexibility index (Phi) is 4.00. The zero-order chi connectivity index (χ0) is 17.4. The van der Waals surface area contributed by atoms with Gasteiger partial charge in [0, 0.05) is 5.41 Å². The third kappa shape index (κ3) is 2.61. The minimum absolute atomic E-state index is 0.164. The van der Waals surface area contributed by atoms with Gasteiger partial charge in [-0.1, -0.05) is 93.6 Å². The molecule has 1 spiro atoms. The molecule has 0 unspecified atom stereocenters. The molecular formula is C25H26. The molecule has 0 heteroatoms. The van der Waals surface area contributed by atoms with Crippen LogP contribution in [0.3, 0.4) is 0 Å². The topological polar surface area (TPSA) is 0 Å². The molecule has 0 N–H and O–H groups in total. The Bertz CT molecular complexity index is 826. The van der Waals surface area contributed by atoms with Crippen LogP contribution in [0.1, 0.15) is 43.0 Å². The lowest BCUT2D eigenvalue weighted by Gasteiger charge is -2.26. The minimum atomic E-state index is 0.164. The summed E-state index contributed by atoms with van der Waals surface area (Å²) >= 11 is 0. The van der Waals surface area contributed by atoms with Gasteiger partial charge in [-0.3, -0.25) is 0 Å². The molecule has 3 aromatic rings. The van der Waals surface area contributed by atoms with E-state index in [9.17, 15) is 0 Å². The van der Waals surface area contributed by atoms with Gasteiger partial charge in [0.15, 0.2) is 0 Å². The Balaban J connectivity index is 0.000000358. The maximum absolute atomic E-state index is 2.33. The highest BCUT2D eigenvalue weighted by molar-refractivity contribution is 5.82. The Morgan fingerprint density at radius 2 is 0.960 bits per heavy atom. The van der Waals surface area contributed by atoms with E-state index in [1.54, 1.807) is 0 Å². The van der Waals surface area contributed by atoms with Crippen LogP contribution in [0.4, 0.5) is 0 Å². The normalized spacial score (nSPS) is 15.4. The zero-order valence-corrected chi connectivity index (χ0v) is 15.4. The van der Waals surface area contributed by atoms with Gasteiger partial charge in [-0.2, -0.15) is 0 Å². The van der Waals surface area contributed by atoms with Crippen LogP contribution in [0.2, 0.25) is 0 Å². The predicted molar refractivity (Wildman–Crippen MR) is 107 cm³/mol. The van der Waals surface area contributed by atoms with E-state index in [2.05, 4.69) is 93.6 Å². The third-order valence-electron chi connectivity index (χ3n) is 5.28. The van der Waals surface area contributed by atoms with Crippen molar-refractivity contribution in [3.8, 4) is 11.1 Å². The average molecular weight is 326 g/mol. The predicted octanol–water partition coefficient (Wildman–Crippen LogP) is 6.41. The minimum Gasteiger partial charge on any atom is -0.0630 e. The summed E-state index contributed by atoms with van der Waals surface area (Å²) in [6, 6.07) is 26.9. The van der Waals surface area contributed by atoms with Gasteiger partial charge in [-0.25, -0.2) is 0 Å². The molecule has 0 amide bonds. The molecule has 5 rings (SSSR count). The molecule has 25 heavy (non-hydrogen) atoms. The second-order valence-corrected chi connectivity index (χ2v) is 8.03. The Labute approximate surface area is 151 Å². The summed E-state index contributed by atoms with van der Waals surface area (Å²) in [7, 11) is 0. The maximum atomic E-state index is 2.33. The fourth-order valence-electron chi connectivity index (χ4n) is 4.41. The van der Waals surface area contributed by atoms with Crippen LogP contribution in [-0.2, 0) is 18.3 Å². The summed E-state index contributed by atoms with van der Waals surface area (Å²) in [5.41, 5.74) is 9.09. The van der Waals surface area contributed by atoms with E-state index in [0.717, 1.165) is 18.8 Å². The molecule has 0 radical (unpaired) electrons. The van der Waals surface area contributed by atoms with E-state index in [-0.39, 0.29) is 5.41 Å². The monoisotopic (exact) mass is 326 g/mol. The molecule has 0 atom stereocenters. The van der Waals surface area contributed by atoms with Gasteiger partial charge in [-0.15, -0.1) is 0 Å². The largest absolute Gasteiger partial charge is 0.0630 e. The first-order valence-electron chi connectivity index (χ1n) is 9.38. The maximum Gasteiger partial charge on any atom is 0.0295 e. The molecule has 0 aliphatic heterocycles. The van der Waals surface area contributed by atoms with Crippen molar-refractivity contribution in [3.05, 3.63) is 95.1 Å². The van der Waals surface area contributed by atoms with Gasteiger partial charge in [-0.05, 0) is 52.1 Å². The first-order valence-corrected chi connectivity index (χ1v) is 9.38. The second-order valence-electron chi connectivity index (χ2n) is 8.03. The molecule has 2 aliphatic carbocycles. The van der Waals surface area contributed by atoms with E-state index in [4.69, 9.17) is 0 Å². The van der Waals surface area contributed by atoms with Crippen LogP contribution in [0.15, 0.2) is 72.8 Å². The molecule has 0 fully saturated rings. The van der Waals surface area contributed by atoms with Gasteiger partial charge in [0.1, 0.15) is 0 Å². The molecule has 0 bridgehead atoms. The van der Waals surface area contributed by atoms with Gasteiger partial charge in [0.05, 0.1) is 0 Å². The zero-order valence-electron chi connectivity index (χ0n) is 15.4. The van der Waals surface area contributed by atoms with Crippen LogP contribution in [0.5, 0.6) is 0 Å². The van der Waals surface area contributed by atoms with Crippen molar-refractivity contribution in [1.29, 1.82) is 0 Å². The van der Waals surface area contributed by atoms with Crippen molar-refractivity contribution in [2.75, 3.05) is 0 Å². The molecule has 0 aromatic heterocycles. The molecule has 0 nitrogen and oxygen atoms in total. The number of hydrogen-bond donors (Lipinski definition) is 0. The highest BCUT2D eigenvalue weighted by Gasteiger charge is 2.46.